The maximum Gasteiger partial charge on any atom is 0.257 e. The van der Waals surface area contributed by atoms with Crippen LogP contribution >= 0.6 is 15.9 Å². The van der Waals surface area contributed by atoms with Gasteiger partial charge < -0.3 is 4.74 Å². The van der Waals surface area contributed by atoms with Crippen molar-refractivity contribution in [1.82, 2.24) is 10.6 Å². The SMILES string of the molecule is COc1ccc(C2CC(=O)NC(NC(=O)c3cccc(Br)c3)=N2)cc1. The second kappa shape index (κ2) is 7.48. The van der Waals surface area contributed by atoms with Crippen molar-refractivity contribution in [3.05, 3.63) is 64.1 Å². The number of benzene rings is 2. The van der Waals surface area contributed by atoms with Crippen molar-refractivity contribution >= 4 is 33.7 Å². The van der Waals surface area contributed by atoms with Crippen LogP contribution in [0.1, 0.15) is 28.4 Å². The molecule has 128 valence electrons. The topological polar surface area (TPSA) is 79.8 Å². The van der Waals surface area contributed by atoms with Gasteiger partial charge in [0.1, 0.15) is 5.75 Å². The molecule has 3 rings (SSSR count). The highest BCUT2D eigenvalue weighted by atomic mass is 79.9. The lowest BCUT2D eigenvalue weighted by molar-refractivity contribution is -0.120. The number of amides is 2. The zero-order chi connectivity index (χ0) is 17.8. The van der Waals surface area contributed by atoms with Gasteiger partial charge in [-0.25, -0.2) is 4.99 Å². The van der Waals surface area contributed by atoms with Crippen molar-refractivity contribution in [1.29, 1.82) is 0 Å². The Labute approximate surface area is 153 Å². The van der Waals surface area contributed by atoms with E-state index in [2.05, 4.69) is 31.6 Å². The van der Waals surface area contributed by atoms with Crippen LogP contribution in [-0.4, -0.2) is 24.9 Å². The molecule has 0 bridgehead atoms. The number of rotatable bonds is 3. The highest BCUT2D eigenvalue weighted by molar-refractivity contribution is 9.10. The summed E-state index contributed by atoms with van der Waals surface area (Å²) in [5, 5.41) is 5.25. The molecule has 1 aliphatic heterocycles. The Morgan fingerprint density at radius 1 is 1.28 bits per heavy atom. The fraction of sp³-hybridized carbons (Fsp3) is 0.167. The number of hydrogen-bond acceptors (Lipinski definition) is 4. The van der Waals surface area contributed by atoms with Crippen molar-refractivity contribution in [2.24, 2.45) is 4.99 Å². The average molecular weight is 402 g/mol. The Hall–Kier alpha value is -2.67. The molecule has 1 aliphatic rings. The van der Waals surface area contributed by atoms with Gasteiger partial charge in [0.2, 0.25) is 11.9 Å². The third-order valence-electron chi connectivity index (χ3n) is 3.74. The first kappa shape index (κ1) is 17.2. The number of carbonyl (C=O) groups is 2. The van der Waals surface area contributed by atoms with Gasteiger partial charge in [-0.2, -0.15) is 0 Å². The summed E-state index contributed by atoms with van der Waals surface area (Å²) < 4.78 is 5.93. The summed E-state index contributed by atoms with van der Waals surface area (Å²) in [4.78, 5) is 28.7. The Balaban J connectivity index is 1.78. The molecule has 0 aliphatic carbocycles. The van der Waals surface area contributed by atoms with E-state index in [1.54, 1.807) is 25.3 Å². The molecule has 0 saturated heterocycles. The van der Waals surface area contributed by atoms with E-state index in [9.17, 15) is 9.59 Å². The summed E-state index contributed by atoms with van der Waals surface area (Å²) in [5.74, 6) is 0.356. The number of aliphatic imine (C=N–C) groups is 1. The quantitative estimate of drug-likeness (QED) is 0.829. The molecule has 2 N–H and O–H groups in total. The van der Waals surface area contributed by atoms with Crippen LogP contribution in [0.3, 0.4) is 0 Å². The summed E-state index contributed by atoms with van der Waals surface area (Å²) in [5.41, 5.74) is 1.35. The largest absolute Gasteiger partial charge is 0.497 e. The predicted molar refractivity (Wildman–Crippen MR) is 97.5 cm³/mol. The second-order valence-electron chi connectivity index (χ2n) is 5.48. The minimum Gasteiger partial charge on any atom is -0.497 e. The van der Waals surface area contributed by atoms with Crippen LogP contribution < -0.4 is 15.4 Å². The number of methoxy groups -OCH3 is 1. The van der Waals surface area contributed by atoms with E-state index in [1.165, 1.54) is 0 Å². The summed E-state index contributed by atoms with van der Waals surface area (Å²) >= 11 is 3.33. The Morgan fingerprint density at radius 3 is 2.72 bits per heavy atom. The van der Waals surface area contributed by atoms with Crippen molar-refractivity contribution in [3.8, 4) is 5.75 Å². The van der Waals surface area contributed by atoms with E-state index in [0.717, 1.165) is 15.8 Å². The van der Waals surface area contributed by atoms with E-state index < -0.39 is 0 Å². The van der Waals surface area contributed by atoms with Crippen LogP contribution in [0, 0.1) is 0 Å². The van der Waals surface area contributed by atoms with Gasteiger partial charge in [-0.05, 0) is 35.9 Å². The van der Waals surface area contributed by atoms with Crippen LogP contribution in [0.5, 0.6) is 5.75 Å². The zero-order valence-electron chi connectivity index (χ0n) is 13.5. The highest BCUT2D eigenvalue weighted by Crippen LogP contribution is 2.25. The first-order valence-electron chi connectivity index (χ1n) is 7.63. The monoisotopic (exact) mass is 401 g/mol. The number of nitrogens with zero attached hydrogens (tertiary/aromatic N) is 1. The molecule has 0 radical (unpaired) electrons. The number of carbonyl (C=O) groups excluding carboxylic acids is 2. The maximum absolute atomic E-state index is 12.3. The molecular formula is C18H16BrN3O3. The van der Waals surface area contributed by atoms with Crippen molar-refractivity contribution in [2.75, 3.05) is 7.11 Å². The molecule has 1 heterocycles. The molecule has 2 aromatic rings. The summed E-state index contributed by atoms with van der Waals surface area (Å²) in [6.45, 7) is 0. The lowest BCUT2D eigenvalue weighted by Gasteiger charge is -2.21. The standard InChI is InChI=1S/C18H16BrN3O3/c1-25-14-7-5-11(6-8-14)15-10-16(23)21-18(20-15)22-17(24)12-3-2-4-13(19)9-12/h2-9,15H,10H2,1H3,(H2,20,21,22,23,24). The number of guanidine groups is 1. The first-order chi connectivity index (χ1) is 12.0. The summed E-state index contributed by atoms with van der Waals surface area (Å²) in [7, 11) is 1.59. The molecule has 0 spiro atoms. The fourth-order valence-electron chi connectivity index (χ4n) is 2.48. The molecule has 1 unspecified atom stereocenters. The van der Waals surface area contributed by atoms with E-state index in [-0.39, 0.29) is 30.2 Å². The van der Waals surface area contributed by atoms with Gasteiger partial charge in [0.25, 0.3) is 5.91 Å². The van der Waals surface area contributed by atoms with Gasteiger partial charge in [-0.3, -0.25) is 20.2 Å². The summed E-state index contributed by atoms with van der Waals surface area (Å²) in [6, 6.07) is 14.0. The number of nitrogens with one attached hydrogen (secondary N) is 2. The van der Waals surface area contributed by atoms with Gasteiger partial charge in [0.15, 0.2) is 0 Å². The van der Waals surface area contributed by atoms with Crippen molar-refractivity contribution in [2.45, 2.75) is 12.5 Å². The van der Waals surface area contributed by atoms with Gasteiger partial charge in [0.05, 0.1) is 19.6 Å². The molecule has 2 amide bonds. The van der Waals surface area contributed by atoms with Gasteiger partial charge in [-0.1, -0.05) is 34.1 Å². The van der Waals surface area contributed by atoms with Gasteiger partial charge in [-0.15, -0.1) is 0 Å². The van der Waals surface area contributed by atoms with Crippen molar-refractivity contribution < 1.29 is 14.3 Å². The molecule has 0 aromatic heterocycles. The second-order valence-corrected chi connectivity index (χ2v) is 6.40. The Kier molecular flexibility index (Phi) is 5.14. The molecule has 1 atom stereocenters. The molecule has 0 saturated carbocycles. The lowest BCUT2D eigenvalue weighted by atomic mass is 10.0. The van der Waals surface area contributed by atoms with Crippen LogP contribution in [0.25, 0.3) is 0 Å². The third kappa shape index (κ3) is 4.24. The van der Waals surface area contributed by atoms with E-state index in [4.69, 9.17) is 4.74 Å². The molecule has 0 fully saturated rings. The molecule has 7 heteroatoms. The zero-order valence-corrected chi connectivity index (χ0v) is 15.0. The van der Waals surface area contributed by atoms with E-state index >= 15 is 0 Å². The normalized spacial score (nSPS) is 16.6. The van der Waals surface area contributed by atoms with Crippen LogP contribution in [0.4, 0.5) is 0 Å². The minimum atomic E-state index is -0.350. The highest BCUT2D eigenvalue weighted by Gasteiger charge is 2.23. The third-order valence-corrected chi connectivity index (χ3v) is 4.23. The van der Waals surface area contributed by atoms with Gasteiger partial charge >= 0.3 is 0 Å². The van der Waals surface area contributed by atoms with Gasteiger partial charge in [0, 0.05) is 10.0 Å². The number of hydrogen-bond donors (Lipinski definition) is 2. The number of halogens is 1. The molecular weight excluding hydrogens is 386 g/mol. The first-order valence-corrected chi connectivity index (χ1v) is 8.43. The maximum atomic E-state index is 12.3. The van der Waals surface area contributed by atoms with Crippen LogP contribution in [0.2, 0.25) is 0 Å². The Bertz CT molecular complexity index is 834. The minimum absolute atomic E-state index is 0.155. The van der Waals surface area contributed by atoms with Crippen LogP contribution in [0.15, 0.2) is 58.0 Å². The van der Waals surface area contributed by atoms with Crippen molar-refractivity contribution in [3.63, 3.8) is 0 Å². The van der Waals surface area contributed by atoms with E-state index in [1.807, 2.05) is 30.3 Å². The fourth-order valence-corrected chi connectivity index (χ4v) is 2.88. The van der Waals surface area contributed by atoms with E-state index in [0.29, 0.717) is 5.56 Å². The lowest BCUT2D eigenvalue weighted by Crippen LogP contribution is -2.47. The molecule has 2 aromatic carbocycles. The van der Waals surface area contributed by atoms with Crippen LogP contribution in [-0.2, 0) is 4.79 Å². The predicted octanol–water partition coefficient (Wildman–Crippen LogP) is 2.80. The average Bonchev–Trinajstić information content (AvgIpc) is 2.61. The molecule has 6 nitrogen and oxygen atoms in total. The number of ether oxygens (including phenoxy) is 1. The Morgan fingerprint density at radius 2 is 2.04 bits per heavy atom. The summed E-state index contributed by atoms with van der Waals surface area (Å²) in [6.07, 6.45) is 0.225. The smallest absolute Gasteiger partial charge is 0.257 e. The molecule has 25 heavy (non-hydrogen) atoms.